The molecule has 5 heteroatoms. The first kappa shape index (κ1) is 28.0. The average molecular weight is 415 g/mol. The van der Waals surface area contributed by atoms with Crippen LogP contribution in [0.5, 0.6) is 0 Å². The maximum atomic E-state index is 5.55. The first-order valence-corrected chi connectivity index (χ1v) is 11.6. The van der Waals surface area contributed by atoms with E-state index in [1.807, 2.05) is 12.5 Å². The van der Waals surface area contributed by atoms with Crippen LogP contribution in [0.1, 0.15) is 79.1 Å². The summed E-state index contributed by atoms with van der Waals surface area (Å²) in [7, 11) is 0. The summed E-state index contributed by atoms with van der Waals surface area (Å²) < 4.78 is 27.6. The van der Waals surface area contributed by atoms with Crippen molar-refractivity contribution in [3.8, 4) is 0 Å². The van der Waals surface area contributed by atoms with E-state index in [1.165, 1.54) is 36.8 Å². The van der Waals surface area contributed by atoms with E-state index in [2.05, 4.69) is 27.7 Å². The lowest BCUT2D eigenvalue weighted by Crippen LogP contribution is -2.12. The summed E-state index contributed by atoms with van der Waals surface area (Å²) in [4.78, 5) is 0. The van der Waals surface area contributed by atoms with Crippen molar-refractivity contribution in [3.05, 3.63) is 23.7 Å². The van der Waals surface area contributed by atoms with Crippen molar-refractivity contribution in [2.24, 2.45) is 0 Å². The number of allylic oxidation sites excluding steroid dienone is 2. The Kier molecular flexibility index (Phi) is 22.4. The molecule has 0 bridgehead atoms. The quantitative estimate of drug-likeness (QED) is 0.160. The second kappa shape index (κ2) is 23.2. The van der Waals surface area contributed by atoms with Crippen molar-refractivity contribution in [2.45, 2.75) is 79.1 Å². The molecule has 0 saturated carbocycles. The molecule has 0 aromatic rings. The summed E-state index contributed by atoms with van der Waals surface area (Å²) >= 11 is 0. The lowest BCUT2D eigenvalue weighted by atomic mass is 10.1. The van der Waals surface area contributed by atoms with Crippen molar-refractivity contribution in [2.75, 3.05) is 52.9 Å². The molecule has 172 valence electrons. The number of hydrogen-bond acceptors (Lipinski definition) is 5. The summed E-state index contributed by atoms with van der Waals surface area (Å²) in [6.07, 6.45) is 13.1. The molecule has 0 aromatic heterocycles. The fourth-order valence-electron chi connectivity index (χ4n) is 2.56. The summed E-state index contributed by atoms with van der Waals surface area (Å²) in [5.74, 6) is 0. The lowest BCUT2D eigenvalue weighted by molar-refractivity contribution is 0.000248. The molecule has 0 aromatic carbocycles. The minimum Gasteiger partial charge on any atom is -0.499 e. The van der Waals surface area contributed by atoms with Gasteiger partial charge in [-0.05, 0) is 49.7 Å². The fraction of sp³-hybridized carbons (Fsp3) is 0.833. The molecular formula is C24H46O5. The third-order valence-corrected chi connectivity index (χ3v) is 4.55. The summed E-state index contributed by atoms with van der Waals surface area (Å²) in [5, 5.41) is 0. The Bertz CT molecular complexity index is 357. The van der Waals surface area contributed by atoms with Crippen molar-refractivity contribution >= 4 is 0 Å². The first-order valence-electron chi connectivity index (χ1n) is 11.6. The molecule has 0 radical (unpaired) electrons. The third-order valence-electron chi connectivity index (χ3n) is 4.55. The average Bonchev–Trinajstić information content (AvgIpc) is 2.75. The Labute approximate surface area is 179 Å². The van der Waals surface area contributed by atoms with Crippen LogP contribution in [0.3, 0.4) is 0 Å². The van der Waals surface area contributed by atoms with Crippen molar-refractivity contribution < 1.29 is 23.7 Å². The predicted molar refractivity (Wildman–Crippen MR) is 120 cm³/mol. The Balaban J connectivity index is 3.37. The van der Waals surface area contributed by atoms with E-state index in [-0.39, 0.29) is 0 Å². The van der Waals surface area contributed by atoms with Gasteiger partial charge in [0.1, 0.15) is 13.2 Å². The van der Waals surface area contributed by atoms with Crippen LogP contribution >= 0.6 is 0 Å². The van der Waals surface area contributed by atoms with E-state index in [0.29, 0.717) is 52.9 Å². The maximum absolute atomic E-state index is 5.55. The largest absolute Gasteiger partial charge is 0.499 e. The fourth-order valence-corrected chi connectivity index (χ4v) is 2.56. The highest BCUT2D eigenvalue weighted by atomic mass is 16.6. The first-order chi connectivity index (χ1) is 14.3. The SMILES string of the molecule is CCCCC(=COCCOCCOCCOCCO/C=C(/CC)CCCC)CC. The molecule has 0 saturated heterocycles. The number of unbranched alkanes of at least 4 members (excludes halogenated alkanes) is 2. The zero-order chi connectivity index (χ0) is 21.4. The van der Waals surface area contributed by atoms with E-state index in [1.54, 1.807) is 0 Å². The zero-order valence-electron chi connectivity index (χ0n) is 19.5. The molecule has 0 aliphatic carbocycles. The Hall–Kier alpha value is -1.04. The third kappa shape index (κ3) is 20.0. The van der Waals surface area contributed by atoms with Gasteiger partial charge >= 0.3 is 0 Å². The monoisotopic (exact) mass is 414 g/mol. The van der Waals surface area contributed by atoms with E-state index in [0.717, 1.165) is 25.7 Å². The zero-order valence-corrected chi connectivity index (χ0v) is 19.5. The molecule has 0 rings (SSSR count). The summed E-state index contributed by atoms with van der Waals surface area (Å²) in [6.45, 7) is 13.4. The van der Waals surface area contributed by atoms with Crippen molar-refractivity contribution in [1.82, 2.24) is 0 Å². The van der Waals surface area contributed by atoms with Crippen LogP contribution in [0.2, 0.25) is 0 Å². The van der Waals surface area contributed by atoms with Crippen LogP contribution in [0.15, 0.2) is 23.7 Å². The van der Waals surface area contributed by atoms with Crippen LogP contribution in [0.25, 0.3) is 0 Å². The van der Waals surface area contributed by atoms with Crippen molar-refractivity contribution in [3.63, 3.8) is 0 Å². The molecule has 0 aliphatic heterocycles. The van der Waals surface area contributed by atoms with E-state index >= 15 is 0 Å². The van der Waals surface area contributed by atoms with Gasteiger partial charge in [-0.3, -0.25) is 0 Å². The van der Waals surface area contributed by atoms with Crippen LogP contribution in [-0.2, 0) is 23.7 Å². The summed E-state index contributed by atoms with van der Waals surface area (Å²) in [5.41, 5.74) is 2.75. The molecule has 0 fully saturated rings. The van der Waals surface area contributed by atoms with E-state index in [9.17, 15) is 0 Å². The smallest absolute Gasteiger partial charge is 0.111 e. The summed E-state index contributed by atoms with van der Waals surface area (Å²) in [6, 6.07) is 0. The molecular weight excluding hydrogens is 368 g/mol. The number of rotatable bonds is 22. The van der Waals surface area contributed by atoms with Gasteiger partial charge in [0, 0.05) is 0 Å². The van der Waals surface area contributed by atoms with Crippen LogP contribution < -0.4 is 0 Å². The number of ether oxygens (including phenoxy) is 5. The predicted octanol–water partition coefficient (Wildman–Crippen LogP) is 6.04. The van der Waals surface area contributed by atoms with Crippen molar-refractivity contribution in [1.29, 1.82) is 0 Å². The van der Waals surface area contributed by atoms with Crippen LogP contribution in [0.4, 0.5) is 0 Å². The highest BCUT2D eigenvalue weighted by Gasteiger charge is 1.96. The van der Waals surface area contributed by atoms with Gasteiger partial charge in [-0.2, -0.15) is 0 Å². The van der Waals surface area contributed by atoms with Crippen LogP contribution in [0, 0.1) is 0 Å². The van der Waals surface area contributed by atoms with Gasteiger partial charge in [0.05, 0.1) is 52.2 Å². The Morgan fingerprint density at radius 1 is 0.517 bits per heavy atom. The van der Waals surface area contributed by atoms with Crippen LogP contribution in [-0.4, -0.2) is 52.9 Å². The highest BCUT2D eigenvalue weighted by Crippen LogP contribution is 2.11. The molecule has 0 spiro atoms. The number of hydrogen-bond donors (Lipinski definition) is 0. The standard InChI is InChI=1S/C24H46O5/c1-5-9-11-23(7-3)21-28-19-17-26-15-13-25-14-16-27-18-20-29-22-24(8-4)12-10-6-2/h21-22H,5-20H2,1-4H3/b23-21-,24-22?. The molecule has 5 nitrogen and oxygen atoms in total. The second-order valence-electron chi connectivity index (χ2n) is 7.05. The molecule has 0 heterocycles. The topological polar surface area (TPSA) is 46.2 Å². The van der Waals surface area contributed by atoms with E-state index in [4.69, 9.17) is 23.7 Å². The Morgan fingerprint density at radius 3 is 1.17 bits per heavy atom. The maximum Gasteiger partial charge on any atom is 0.111 e. The van der Waals surface area contributed by atoms with Gasteiger partial charge in [-0.15, -0.1) is 0 Å². The normalized spacial score (nSPS) is 12.4. The molecule has 0 N–H and O–H groups in total. The highest BCUT2D eigenvalue weighted by molar-refractivity contribution is 4.97. The Morgan fingerprint density at radius 2 is 0.862 bits per heavy atom. The van der Waals surface area contributed by atoms with Gasteiger partial charge in [-0.25, -0.2) is 0 Å². The minimum atomic E-state index is 0.576. The molecule has 0 amide bonds. The lowest BCUT2D eigenvalue weighted by Gasteiger charge is -2.08. The molecule has 0 unspecified atom stereocenters. The molecule has 0 atom stereocenters. The van der Waals surface area contributed by atoms with Gasteiger partial charge in [0.15, 0.2) is 0 Å². The second-order valence-corrected chi connectivity index (χ2v) is 7.05. The minimum absolute atomic E-state index is 0.576. The molecule has 29 heavy (non-hydrogen) atoms. The molecule has 0 aliphatic rings. The van der Waals surface area contributed by atoms with Gasteiger partial charge in [0.2, 0.25) is 0 Å². The van der Waals surface area contributed by atoms with Gasteiger partial charge in [0.25, 0.3) is 0 Å². The van der Waals surface area contributed by atoms with Gasteiger partial charge < -0.3 is 23.7 Å². The van der Waals surface area contributed by atoms with E-state index < -0.39 is 0 Å². The van der Waals surface area contributed by atoms with Gasteiger partial charge in [-0.1, -0.05) is 40.5 Å².